The molecule has 6 heteroatoms. The highest BCUT2D eigenvalue weighted by Crippen LogP contribution is 2.27. The van der Waals surface area contributed by atoms with Crippen LogP contribution in [0, 0.1) is 0 Å². The molecule has 0 atom stereocenters. The summed E-state index contributed by atoms with van der Waals surface area (Å²) in [5.74, 6) is -1.22. The number of carboxylic acid groups (broad SMARTS) is 1. The topological polar surface area (TPSA) is 83.5 Å². The molecule has 0 unspecified atom stereocenters. The van der Waals surface area contributed by atoms with Gasteiger partial charge in [-0.2, -0.15) is 4.72 Å². The Kier molecular flexibility index (Phi) is 4.70. The summed E-state index contributed by atoms with van der Waals surface area (Å²) >= 11 is 0. The van der Waals surface area contributed by atoms with Crippen molar-refractivity contribution in [2.75, 3.05) is 6.54 Å². The van der Waals surface area contributed by atoms with Crippen molar-refractivity contribution in [3.8, 4) is 0 Å². The molecule has 0 bridgehead atoms. The molecule has 1 aromatic carbocycles. The highest BCUT2D eigenvalue weighted by Gasteiger charge is 2.20. The van der Waals surface area contributed by atoms with Gasteiger partial charge in [-0.3, -0.25) is 4.79 Å². The molecule has 0 aromatic heterocycles. The molecule has 0 spiro atoms. The molecule has 2 N–H and O–H groups in total. The van der Waals surface area contributed by atoms with Crippen LogP contribution in [0.5, 0.6) is 0 Å². The van der Waals surface area contributed by atoms with E-state index in [-0.39, 0.29) is 10.3 Å². The van der Waals surface area contributed by atoms with Crippen molar-refractivity contribution in [3.05, 3.63) is 29.8 Å². The monoisotopic (exact) mass is 285 g/mol. The van der Waals surface area contributed by atoms with Crippen LogP contribution in [0.25, 0.3) is 0 Å². The number of carboxylic acids is 1. The minimum absolute atomic E-state index is 0.0171. The Labute approximate surface area is 113 Å². The Balaban J connectivity index is 2.96. The van der Waals surface area contributed by atoms with Gasteiger partial charge < -0.3 is 5.11 Å². The predicted molar refractivity (Wildman–Crippen MR) is 72.6 cm³/mol. The van der Waals surface area contributed by atoms with Crippen molar-refractivity contribution >= 4 is 16.0 Å². The second-order valence-electron chi connectivity index (χ2n) is 4.98. The van der Waals surface area contributed by atoms with Crippen molar-refractivity contribution in [2.24, 2.45) is 0 Å². The van der Waals surface area contributed by atoms with Gasteiger partial charge in [0.05, 0.1) is 4.90 Å². The maximum absolute atomic E-state index is 11.8. The average Bonchev–Trinajstić information content (AvgIpc) is 2.37. The van der Waals surface area contributed by atoms with Gasteiger partial charge in [0.2, 0.25) is 10.0 Å². The fourth-order valence-electron chi connectivity index (χ4n) is 1.53. The SMILES string of the molecule is CCC(C)(C)c1ccc(S(=O)(=O)NCC(=O)O)cc1. The maximum atomic E-state index is 11.8. The molecule has 0 saturated heterocycles. The van der Waals surface area contributed by atoms with Crippen LogP contribution in [0.3, 0.4) is 0 Å². The van der Waals surface area contributed by atoms with E-state index in [0.717, 1.165) is 12.0 Å². The lowest BCUT2D eigenvalue weighted by Gasteiger charge is -2.23. The molecular formula is C13H19NO4S. The number of aliphatic carboxylic acids is 1. The quantitative estimate of drug-likeness (QED) is 0.834. The van der Waals surface area contributed by atoms with Crippen molar-refractivity contribution in [1.82, 2.24) is 4.72 Å². The van der Waals surface area contributed by atoms with E-state index < -0.39 is 22.5 Å². The molecule has 0 aliphatic heterocycles. The lowest BCUT2D eigenvalue weighted by molar-refractivity contribution is -0.135. The zero-order valence-corrected chi connectivity index (χ0v) is 12.1. The van der Waals surface area contributed by atoms with Crippen LogP contribution in [-0.4, -0.2) is 26.0 Å². The zero-order valence-electron chi connectivity index (χ0n) is 11.3. The summed E-state index contributed by atoms with van der Waals surface area (Å²) in [5.41, 5.74) is 1.03. The zero-order chi connectivity index (χ0) is 14.7. The number of benzene rings is 1. The van der Waals surface area contributed by atoms with Crippen LogP contribution >= 0.6 is 0 Å². The number of hydrogen-bond donors (Lipinski definition) is 2. The number of hydrogen-bond acceptors (Lipinski definition) is 3. The van der Waals surface area contributed by atoms with Crippen molar-refractivity contribution in [2.45, 2.75) is 37.5 Å². The largest absolute Gasteiger partial charge is 0.480 e. The second kappa shape index (κ2) is 5.71. The van der Waals surface area contributed by atoms with E-state index in [1.165, 1.54) is 12.1 Å². The van der Waals surface area contributed by atoms with E-state index in [9.17, 15) is 13.2 Å². The van der Waals surface area contributed by atoms with E-state index >= 15 is 0 Å². The first-order valence-electron chi connectivity index (χ1n) is 6.01. The molecule has 0 fully saturated rings. The van der Waals surface area contributed by atoms with Crippen molar-refractivity contribution in [1.29, 1.82) is 0 Å². The summed E-state index contributed by atoms with van der Waals surface area (Å²) in [4.78, 5) is 10.4. The van der Waals surface area contributed by atoms with E-state index in [4.69, 9.17) is 5.11 Å². The predicted octanol–water partition coefficient (Wildman–Crippen LogP) is 1.74. The molecule has 0 saturated carbocycles. The lowest BCUT2D eigenvalue weighted by Crippen LogP contribution is -2.29. The van der Waals surface area contributed by atoms with Crippen molar-refractivity contribution < 1.29 is 18.3 Å². The number of carbonyl (C=O) groups is 1. The minimum atomic E-state index is -3.76. The molecule has 1 rings (SSSR count). The third kappa shape index (κ3) is 4.04. The Bertz CT molecular complexity index is 547. The number of sulfonamides is 1. The first-order valence-corrected chi connectivity index (χ1v) is 7.49. The summed E-state index contributed by atoms with van der Waals surface area (Å²) < 4.78 is 25.6. The molecule has 19 heavy (non-hydrogen) atoms. The lowest BCUT2D eigenvalue weighted by atomic mass is 9.82. The van der Waals surface area contributed by atoms with Crippen LogP contribution < -0.4 is 4.72 Å². The van der Waals surface area contributed by atoms with E-state index in [2.05, 4.69) is 20.8 Å². The molecule has 0 amide bonds. The third-order valence-electron chi connectivity index (χ3n) is 3.24. The Hall–Kier alpha value is -1.40. The van der Waals surface area contributed by atoms with Crippen LogP contribution in [-0.2, 0) is 20.2 Å². The molecule has 0 aliphatic carbocycles. The van der Waals surface area contributed by atoms with Crippen LogP contribution in [0.4, 0.5) is 0 Å². The molecule has 0 radical (unpaired) electrons. The van der Waals surface area contributed by atoms with Crippen molar-refractivity contribution in [3.63, 3.8) is 0 Å². The Morgan fingerprint density at radius 3 is 2.21 bits per heavy atom. The van der Waals surface area contributed by atoms with Gasteiger partial charge in [0.1, 0.15) is 6.54 Å². The smallest absolute Gasteiger partial charge is 0.318 e. The van der Waals surface area contributed by atoms with E-state index in [1.54, 1.807) is 12.1 Å². The molecule has 0 aliphatic rings. The second-order valence-corrected chi connectivity index (χ2v) is 6.75. The van der Waals surface area contributed by atoms with Crippen LogP contribution in [0.2, 0.25) is 0 Å². The summed E-state index contributed by atoms with van der Waals surface area (Å²) in [6, 6.07) is 6.52. The van der Waals surface area contributed by atoms with E-state index in [1.807, 2.05) is 4.72 Å². The summed E-state index contributed by atoms with van der Waals surface area (Å²) in [6.45, 7) is 5.61. The molecular weight excluding hydrogens is 266 g/mol. The van der Waals surface area contributed by atoms with Gasteiger partial charge in [-0.25, -0.2) is 8.42 Å². The Morgan fingerprint density at radius 1 is 1.26 bits per heavy atom. The fourth-order valence-corrected chi connectivity index (χ4v) is 2.50. The molecule has 1 aromatic rings. The highest BCUT2D eigenvalue weighted by molar-refractivity contribution is 7.89. The standard InChI is InChI=1S/C13H19NO4S/c1-4-13(2,3)10-5-7-11(8-6-10)19(17,18)14-9-12(15)16/h5-8,14H,4,9H2,1-3H3,(H,15,16). The van der Waals surface area contributed by atoms with Gasteiger partial charge in [-0.1, -0.05) is 32.9 Å². The Morgan fingerprint density at radius 2 is 1.79 bits per heavy atom. The average molecular weight is 285 g/mol. The van der Waals surface area contributed by atoms with Gasteiger partial charge in [0, 0.05) is 0 Å². The summed E-state index contributed by atoms with van der Waals surface area (Å²) in [6.07, 6.45) is 0.941. The maximum Gasteiger partial charge on any atom is 0.318 e. The minimum Gasteiger partial charge on any atom is -0.480 e. The van der Waals surface area contributed by atoms with Gasteiger partial charge in [-0.05, 0) is 29.5 Å². The number of rotatable bonds is 6. The van der Waals surface area contributed by atoms with E-state index in [0.29, 0.717) is 0 Å². The van der Waals surface area contributed by atoms with Gasteiger partial charge in [-0.15, -0.1) is 0 Å². The highest BCUT2D eigenvalue weighted by atomic mass is 32.2. The molecule has 5 nitrogen and oxygen atoms in total. The first kappa shape index (κ1) is 15.7. The fraction of sp³-hybridized carbons (Fsp3) is 0.462. The summed E-state index contributed by atoms with van der Waals surface area (Å²) in [5, 5.41) is 8.48. The molecule has 0 heterocycles. The normalized spacial score (nSPS) is 12.4. The van der Waals surface area contributed by atoms with Gasteiger partial charge in [0.15, 0.2) is 0 Å². The van der Waals surface area contributed by atoms with Crippen LogP contribution in [0.1, 0.15) is 32.8 Å². The number of nitrogens with one attached hydrogen (secondary N) is 1. The first-order chi connectivity index (χ1) is 8.69. The molecule has 106 valence electrons. The third-order valence-corrected chi connectivity index (χ3v) is 4.66. The van der Waals surface area contributed by atoms with Crippen LogP contribution in [0.15, 0.2) is 29.2 Å². The van der Waals surface area contributed by atoms with Gasteiger partial charge >= 0.3 is 5.97 Å². The summed E-state index contributed by atoms with van der Waals surface area (Å²) in [7, 11) is -3.76. The van der Waals surface area contributed by atoms with Gasteiger partial charge in [0.25, 0.3) is 0 Å².